The molecule has 0 fully saturated rings. The molecular formula is C14H13N3O4S. The monoisotopic (exact) mass is 319 g/mol. The van der Waals surface area contributed by atoms with Gasteiger partial charge in [0.15, 0.2) is 5.82 Å². The molecule has 0 aliphatic rings. The van der Waals surface area contributed by atoms with Crippen LogP contribution in [0.15, 0.2) is 18.2 Å². The highest BCUT2D eigenvalue weighted by atomic mass is 32.1. The van der Waals surface area contributed by atoms with Gasteiger partial charge >= 0.3 is 5.97 Å². The lowest BCUT2D eigenvalue weighted by Gasteiger charge is -2.06. The van der Waals surface area contributed by atoms with E-state index in [0.717, 1.165) is 16.9 Å². The van der Waals surface area contributed by atoms with Crippen molar-refractivity contribution in [3.63, 3.8) is 0 Å². The lowest BCUT2D eigenvalue weighted by atomic mass is 10.2. The smallest absolute Gasteiger partial charge is 0.347 e. The maximum atomic E-state index is 11.1. The van der Waals surface area contributed by atoms with E-state index >= 15 is 0 Å². The summed E-state index contributed by atoms with van der Waals surface area (Å²) in [5.74, 6) is 0.786. The maximum Gasteiger partial charge on any atom is 0.347 e. The normalized spacial score (nSPS) is 10.9. The molecule has 22 heavy (non-hydrogen) atoms. The molecular weight excluding hydrogens is 306 g/mol. The van der Waals surface area contributed by atoms with E-state index in [-0.39, 0.29) is 4.88 Å². The molecule has 2 heterocycles. The van der Waals surface area contributed by atoms with Gasteiger partial charge in [0.05, 0.1) is 19.9 Å². The molecule has 0 aliphatic heterocycles. The Kier molecular flexibility index (Phi) is 3.45. The molecule has 8 heteroatoms. The van der Waals surface area contributed by atoms with Crippen LogP contribution < -0.4 is 9.47 Å². The second kappa shape index (κ2) is 5.30. The third-order valence-corrected chi connectivity index (χ3v) is 4.34. The van der Waals surface area contributed by atoms with Gasteiger partial charge in [0.25, 0.3) is 0 Å². The third kappa shape index (κ3) is 2.27. The first-order valence-electron chi connectivity index (χ1n) is 6.36. The Morgan fingerprint density at radius 2 is 1.86 bits per heavy atom. The summed E-state index contributed by atoms with van der Waals surface area (Å²) in [6.45, 7) is 1.71. The molecule has 1 aromatic carbocycles. The van der Waals surface area contributed by atoms with Crippen LogP contribution in [-0.2, 0) is 0 Å². The average molecular weight is 319 g/mol. The second-order valence-electron chi connectivity index (χ2n) is 4.55. The molecule has 1 N–H and O–H groups in total. The number of fused-ring (bicyclic) bond motifs is 1. The molecule has 3 aromatic rings. The van der Waals surface area contributed by atoms with Gasteiger partial charge in [-0.2, -0.15) is 4.98 Å². The van der Waals surface area contributed by atoms with Crippen molar-refractivity contribution in [3.8, 4) is 22.9 Å². The average Bonchev–Trinajstić information content (AvgIpc) is 3.06. The first kappa shape index (κ1) is 14.3. The number of aromatic carboxylic acids is 1. The van der Waals surface area contributed by atoms with Gasteiger partial charge in [0.2, 0.25) is 4.96 Å². The fraction of sp³-hybridized carbons (Fsp3) is 0.214. The first-order chi connectivity index (χ1) is 10.5. The highest BCUT2D eigenvalue weighted by Gasteiger charge is 2.19. The number of ether oxygens (including phenoxy) is 2. The van der Waals surface area contributed by atoms with Gasteiger partial charge in [-0.1, -0.05) is 11.3 Å². The van der Waals surface area contributed by atoms with Gasteiger partial charge in [0.1, 0.15) is 16.4 Å². The number of aryl methyl sites for hydroxylation is 1. The van der Waals surface area contributed by atoms with Crippen molar-refractivity contribution in [1.82, 2.24) is 14.6 Å². The SMILES string of the molecule is COc1cc(OC)cc(-c2nc3sc(C(=O)O)c(C)n3n2)c1. The lowest BCUT2D eigenvalue weighted by Crippen LogP contribution is -1.98. The number of nitrogens with zero attached hydrogens (tertiary/aromatic N) is 3. The summed E-state index contributed by atoms with van der Waals surface area (Å²) in [6, 6.07) is 5.36. The molecule has 0 saturated heterocycles. The van der Waals surface area contributed by atoms with Crippen molar-refractivity contribution in [1.29, 1.82) is 0 Å². The van der Waals surface area contributed by atoms with Crippen molar-refractivity contribution < 1.29 is 19.4 Å². The minimum absolute atomic E-state index is 0.241. The predicted octanol–water partition coefficient (Wildman–Crippen LogP) is 2.48. The van der Waals surface area contributed by atoms with Crippen LogP contribution in [0.4, 0.5) is 0 Å². The molecule has 0 radical (unpaired) electrons. The molecule has 7 nitrogen and oxygen atoms in total. The molecule has 0 spiro atoms. The summed E-state index contributed by atoms with van der Waals surface area (Å²) in [5, 5.41) is 13.5. The van der Waals surface area contributed by atoms with Crippen LogP contribution in [0.2, 0.25) is 0 Å². The molecule has 114 valence electrons. The van der Waals surface area contributed by atoms with Crippen LogP contribution in [0.25, 0.3) is 16.3 Å². The summed E-state index contributed by atoms with van der Waals surface area (Å²) in [4.78, 5) is 16.3. The topological polar surface area (TPSA) is 86.0 Å². The van der Waals surface area contributed by atoms with E-state index in [2.05, 4.69) is 10.1 Å². The van der Waals surface area contributed by atoms with Gasteiger partial charge in [-0.3, -0.25) is 0 Å². The number of methoxy groups -OCH3 is 2. The van der Waals surface area contributed by atoms with Crippen molar-refractivity contribution in [2.45, 2.75) is 6.92 Å². The Balaban J connectivity index is 2.13. The standard InChI is InChI=1S/C14H13N3O4S/c1-7-11(13(18)19)22-14-15-12(16-17(7)14)8-4-9(20-2)6-10(5-8)21-3/h4-6H,1-3H3,(H,18,19). The number of rotatable bonds is 4. The van der Waals surface area contributed by atoms with E-state index in [4.69, 9.17) is 14.6 Å². The minimum Gasteiger partial charge on any atom is -0.497 e. The van der Waals surface area contributed by atoms with Crippen LogP contribution >= 0.6 is 11.3 Å². The molecule has 0 bridgehead atoms. The zero-order valence-corrected chi connectivity index (χ0v) is 13.0. The predicted molar refractivity (Wildman–Crippen MR) is 81.1 cm³/mol. The van der Waals surface area contributed by atoms with Crippen molar-refractivity contribution in [3.05, 3.63) is 28.8 Å². The molecule has 2 aromatic heterocycles. The van der Waals surface area contributed by atoms with Gasteiger partial charge in [-0.15, -0.1) is 5.10 Å². The van der Waals surface area contributed by atoms with Gasteiger partial charge in [-0.25, -0.2) is 9.31 Å². The summed E-state index contributed by atoms with van der Waals surface area (Å²) in [5.41, 5.74) is 1.30. The fourth-order valence-corrected chi connectivity index (χ4v) is 3.00. The third-order valence-electron chi connectivity index (χ3n) is 3.22. The Morgan fingerprint density at radius 3 is 2.36 bits per heavy atom. The first-order valence-corrected chi connectivity index (χ1v) is 7.18. The van der Waals surface area contributed by atoms with Gasteiger partial charge < -0.3 is 14.6 Å². The van der Waals surface area contributed by atoms with E-state index in [0.29, 0.717) is 28.0 Å². The van der Waals surface area contributed by atoms with Crippen LogP contribution in [0.1, 0.15) is 15.4 Å². The van der Waals surface area contributed by atoms with Crippen LogP contribution in [0, 0.1) is 6.92 Å². The number of aromatic nitrogens is 3. The lowest BCUT2D eigenvalue weighted by molar-refractivity contribution is 0.0701. The van der Waals surface area contributed by atoms with Crippen molar-refractivity contribution >= 4 is 22.3 Å². The molecule has 0 atom stereocenters. The Hall–Kier alpha value is -2.61. The Bertz CT molecular complexity index is 846. The van der Waals surface area contributed by atoms with Crippen molar-refractivity contribution in [2.24, 2.45) is 0 Å². The van der Waals surface area contributed by atoms with Crippen molar-refractivity contribution in [2.75, 3.05) is 14.2 Å². The molecule has 3 rings (SSSR count). The molecule has 0 amide bonds. The largest absolute Gasteiger partial charge is 0.497 e. The molecule has 0 aliphatic carbocycles. The molecule has 0 saturated carbocycles. The van der Waals surface area contributed by atoms with Crippen LogP contribution in [-0.4, -0.2) is 39.9 Å². The van der Waals surface area contributed by atoms with Gasteiger partial charge in [-0.05, 0) is 19.1 Å². The van der Waals surface area contributed by atoms with E-state index in [9.17, 15) is 4.79 Å². The number of thiazole rings is 1. The van der Waals surface area contributed by atoms with E-state index in [1.54, 1.807) is 39.3 Å². The van der Waals surface area contributed by atoms with E-state index < -0.39 is 5.97 Å². The number of carboxylic acid groups (broad SMARTS) is 1. The number of carboxylic acids is 1. The van der Waals surface area contributed by atoms with Crippen LogP contribution in [0.3, 0.4) is 0 Å². The fourth-order valence-electron chi connectivity index (χ4n) is 2.10. The number of carbonyl (C=O) groups is 1. The zero-order chi connectivity index (χ0) is 15.9. The second-order valence-corrected chi connectivity index (χ2v) is 5.53. The zero-order valence-electron chi connectivity index (χ0n) is 12.2. The van der Waals surface area contributed by atoms with Gasteiger partial charge in [0, 0.05) is 11.6 Å². The number of hydrogen-bond acceptors (Lipinski definition) is 6. The van der Waals surface area contributed by atoms with E-state index in [1.807, 2.05) is 0 Å². The summed E-state index contributed by atoms with van der Waals surface area (Å²) >= 11 is 1.09. The Morgan fingerprint density at radius 1 is 1.23 bits per heavy atom. The maximum absolute atomic E-state index is 11.1. The Labute approximate surface area is 129 Å². The number of benzene rings is 1. The number of hydrogen-bond donors (Lipinski definition) is 1. The highest BCUT2D eigenvalue weighted by molar-refractivity contribution is 7.18. The van der Waals surface area contributed by atoms with Crippen LogP contribution in [0.5, 0.6) is 11.5 Å². The quantitative estimate of drug-likeness (QED) is 0.795. The summed E-state index contributed by atoms with van der Waals surface area (Å²) < 4.78 is 12.0. The highest BCUT2D eigenvalue weighted by Crippen LogP contribution is 2.30. The minimum atomic E-state index is -0.973. The molecule has 0 unspecified atom stereocenters. The van der Waals surface area contributed by atoms with E-state index in [1.165, 1.54) is 4.52 Å². The summed E-state index contributed by atoms with van der Waals surface area (Å²) in [6.07, 6.45) is 0. The summed E-state index contributed by atoms with van der Waals surface area (Å²) in [7, 11) is 3.14.